The number of benzene rings is 1. The third-order valence-electron chi connectivity index (χ3n) is 6.96. The topological polar surface area (TPSA) is 74.5 Å². The molecule has 0 radical (unpaired) electrons. The average Bonchev–Trinajstić information content (AvgIpc) is 3.17. The van der Waals surface area contributed by atoms with Crippen molar-refractivity contribution in [2.75, 3.05) is 31.6 Å². The first-order chi connectivity index (χ1) is 16.4. The predicted octanol–water partition coefficient (Wildman–Crippen LogP) is 3.54. The Morgan fingerprint density at radius 3 is 2.91 bits per heavy atom. The first-order valence-corrected chi connectivity index (χ1v) is 11.9. The molecule has 0 aliphatic carbocycles. The van der Waals surface area contributed by atoms with Gasteiger partial charge in [0.05, 0.1) is 17.7 Å². The van der Waals surface area contributed by atoms with Crippen molar-refractivity contribution < 1.29 is 9.90 Å². The van der Waals surface area contributed by atoms with E-state index in [1.807, 2.05) is 37.5 Å². The van der Waals surface area contributed by atoms with Gasteiger partial charge in [-0.2, -0.15) is 0 Å². The molecule has 176 valence electrons. The number of rotatable bonds is 6. The van der Waals surface area contributed by atoms with Crippen molar-refractivity contribution in [2.45, 2.75) is 31.3 Å². The van der Waals surface area contributed by atoms with Gasteiger partial charge in [0, 0.05) is 80.4 Å². The number of likely N-dealkylation sites (N-methyl/N-ethyl adjacent to an activating group) is 1. The van der Waals surface area contributed by atoms with E-state index in [0.717, 1.165) is 29.6 Å². The molecule has 1 aliphatic rings. The molecule has 3 aromatic heterocycles. The summed E-state index contributed by atoms with van der Waals surface area (Å²) in [7, 11) is 3.83. The van der Waals surface area contributed by atoms with Crippen molar-refractivity contribution in [3.05, 3.63) is 66.7 Å². The number of para-hydroxylation sites is 1. The number of anilines is 1. The Balaban J connectivity index is 1.25. The van der Waals surface area contributed by atoms with Gasteiger partial charge < -0.3 is 19.5 Å². The van der Waals surface area contributed by atoms with E-state index in [1.54, 1.807) is 24.3 Å². The van der Waals surface area contributed by atoms with Crippen molar-refractivity contribution in [2.24, 2.45) is 7.05 Å². The van der Waals surface area contributed by atoms with Crippen molar-refractivity contribution in [3.63, 3.8) is 0 Å². The Hall–Kier alpha value is -3.45. The second-order valence-corrected chi connectivity index (χ2v) is 9.50. The van der Waals surface area contributed by atoms with Crippen LogP contribution in [0, 0.1) is 0 Å². The molecule has 1 atom stereocenters. The number of β-amino-alcohol motifs (C(OH)–C–C–N with tert-alkyl or cyclic N) is 1. The van der Waals surface area contributed by atoms with Gasteiger partial charge in [-0.25, -0.2) is 0 Å². The maximum atomic E-state index is 13.0. The lowest BCUT2D eigenvalue weighted by Gasteiger charge is -2.42. The van der Waals surface area contributed by atoms with Crippen LogP contribution in [0.15, 0.2) is 61.2 Å². The number of aryl methyl sites for hydroxylation is 2. The molecule has 34 heavy (non-hydrogen) atoms. The predicted molar refractivity (Wildman–Crippen MR) is 135 cm³/mol. The molecule has 1 saturated heterocycles. The van der Waals surface area contributed by atoms with Gasteiger partial charge in [0.25, 0.3) is 0 Å². The number of pyridine rings is 2. The molecule has 0 spiro atoms. The molecule has 5 rings (SSSR count). The van der Waals surface area contributed by atoms with E-state index in [2.05, 4.69) is 37.8 Å². The third kappa shape index (κ3) is 4.35. The highest BCUT2D eigenvalue weighted by atomic mass is 16.3. The summed E-state index contributed by atoms with van der Waals surface area (Å²) in [5.74, 6) is 0.0528. The zero-order valence-corrected chi connectivity index (χ0v) is 19.8. The van der Waals surface area contributed by atoms with E-state index in [-0.39, 0.29) is 5.91 Å². The summed E-state index contributed by atoms with van der Waals surface area (Å²) in [6, 6.07) is 12.2. The maximum Gasteiger partial charge on any atom is 0.222 e. The molecular formula is C27H31N5O2. The Bertz CT molecular complexity index is 1330. The molecule has 1 aliphatic heterocycles. The number of hydrogen-bond donors (Lipinski definition) is 1. The van der Waals surface area contributed by atoms with Crippen molar-refractivity contribution in [3.8, 4) is 0 Å². The van der Waals surface area contributed by atoms with Crippen LogP contribution in [0.5, 0.6) is 0 Å². The molecule has 1 N–H and O–H groups in total. The van der Waals surface area contributed by atoms with Crippen molar-refractivity contribution >= 4 is 33.4 Å². The van der Waals surface area contributed by atoms with Crippen LogP contribution in [0.4, 0.5) is 5.69 Å². The fraction of sp³-hybridized carbons (Fsp3) is 0.370. The van der Waals surface area contributed by atoms with E-state index < -0.39 is 5.60 Å². The smallest absolute Gasteiger partial charge is 0.222 e. The van der Waals surface area contributed by atoms with Crippen LogP contribution < -0.4 is 4.90 Å². The van der Waals surface area contributed by atoms with Crippen LogP contribution in [0.1, 0.15) is 24.8 Å². The average molecular weight is 458 g/mol. The van der Waals surface area contributed by atoms with E-state index in [4.69, 9.17) is 0 Å². The number of hydrogen-bond acceptors (Lipinski definition) is 5. The third-order valence-corrected chi connectivity index (χ3v) is 6.96. The summed E-state index contributed by atoms with van der Waals surface area (Å²) < 4.78 is 2.11. The lowest BCUT2D eigenvalue weighted by molar-refractivity contribution is -0.133. The number of amides is 1. The molecule has 1 amide bonds. The van der Waals surface area contributed by atoms with Crippen molar-refractivity contribution in [1.29, 1.82) is 0 Å². The fourth-order valence-corrected chi connectivity index (χ4v) is 5.28. The Labute approximate surface area is 199 Å². The minimum Gasteiger partial charge on any atom is -0.386 e. The van der Waals surface area contributed by atoms with Gasteiger partial charge >= 0.3 is 0 Å². The largest absolute Gasteiger partial charge is 0.386 e. The van der Waals surface area contributed by atoms with Gasteiger partial charge in [-0.15, -0.1) is 0 Å². The molecule has 1 unspecified atom stereocenters. The molecule has 7 heteroatoms. The van der Waals surface area contributed by atoms with E-state index in [1.165, 1.54) is 16.5 Å². The Morgan fingerprint density at radius 2 is 2.03 bits per heavy atom. The number of fused-ring (bicyclic) bond motifs is 2. The van der Waals surface area contributed by atoms with Crippen LogP contribution in [-0.2, 0) is 18.3 Å². The SMILES string of the molecule is CN(CC1(O)CCCN(c2ccnc3ccncc23)C1)C(=O)CCc1cn(C)c2ccccc12. The number of carbonyl (C=O) groups is 1. The Morgan fingerprint density at radius 1 is 1.18 bits per heavy atom. The minimum atomic E-state index is -0.958. The first-order valence-electron chi connectivity index (χ1n) is 11.9. The zero-order chi connectivity index (χ0) is 23.7. The summed E-state index contributed by atoms with van der Waals surface area (Å²) in [4.78, 5) is 25.6. The zero-order valence-electron chi connectivity index (χ0n) is 19.8. The van der Waals surface area contributed by atoms with Crippen LogP contribution in [0.3, 0.4) is 0 Å². The molecular weight excluding hydrogens is 426 g/mol. The number of piperidine rings is 1. The van der Waals surface area contributed by atoms with Gasteiger partial charge in [0.15, 0.2) is 0 Å². The summed E-state index contributed by atoms with van der Waals surface area (Å²) in [5, 5.41) is 13.6. The number of aliphatic hydroxyl groups is 1. The second kappa shape index (κ2) is 9.06. The monoisotopic (exact) mass is 457 g/mol. The standard InChI is InChI=1S/C27H31N5O2/c1-30-17-20(21-6-3-4-7-24(21)30)8-9-26(33)31(2)18-27(34)12-5-15-32(19-27)25-11-14-29-23-10-13-28-16-22(23)25/h3-4,6-7,10-11,13-14,16-17,34H,5,8-9,12,15,18-19H2,1-2H3. The number of carbonyl (C=O) groups excluding carboxylic acids is 1. The van der Waals surface area contributed by atoms with Crippen molar-refractivity contribution in [1.82, 2.24) is 19.4 Å². The summed E-state index contributed by atoms with van der Waals surface area (Å²) in [6.07, 6.45) is 10.1. The fourth-order valence-electron chi connectivity index (χ4n) is 5.28. The van der Waals surface area contributed by atoms with Gasteiger partial charge in [-0.3, -0.25) is 14.8 Å². The Kier molecular flexibility index (Phi) is 5.96. The highest BCUT2D eigenvalue weighted by Gasteiger charge is 2.36. The molecule has 1 aromatic carbocycles. The lowest BCUT2D eigenvalue weighted by atomic mass is 9.91. The van der Waals surface area contributed by atoms with E-state index in [0.29, 0.717) is 32.4 Å². The molecule has 0 bridgehead atoms. The maximum absolute atomic E-state index is 13.0. The molecule has 4 aromatic rings. The van der Waals surface area contributed by atoms with Gasteiger partial charge in [0.2, 0.25) is 5.91 Å². The highest BCUT2D eigenvalue weighted by Crippen LogP contribution is 2.31. The quantitative estimate of drug-likeness (QED) is 0.479. The van der Waals surface area contributed by atoms with Gasteiger partial charge in [0.1, 0.15) is 0 Å². The van der Waals surface area contributed by atoms with E-state index >= 15 is 0 Å². The molecule has 7 nitrogen and oxygen atoms in total. The van der Waals surface area contributed by atoms with Crippen LogP contribution in [-0.4, -0.2) is 62.7 Å². The van der Waals surface area contributed by atoms with Crippen LogP contribution >= 0.6 is 0 Å². The summed E-state index contributed by atoms with van der Waals surface area (Å²) >= 11 is 0. The highest BCUT2D eigenvalue weighted by molar-refractivity contribution is 5.90. The van der Waals surface area contributed by atoms with Gasteiger partial charge in [-0.05, 0) is 43.0 Å². The summed E-state index contributed by atoms with van der Waals surface area (Å²) in [5.41, 5.74) is 3.32. The first kappa shape index (κ1) is 22.3. The number of nitrogens with zero attached hydrogens (tertiary/aromatic N) is 5. The summed E-state index contributed by atoms with van der Waals surface area (Å²) in [6.45, 7) is 1.65. The second-order valence-electron chi connectivity index (χ2n) is 9.50. The number of aromatic nitrogens is 3. The molecule has 0 saturated carbocycles. The molecule has 4 heterocycles. The van der Waals surface area contributed by atoms with Gasteiger partial charge in [-0.1, -0.05) is 18.2 Å². The van der Waals surface area contributed by atoms with Crippen LogP contribution in [0.2, 0.25) is 0 Å². The van der Waals surface area contributed by atoms with E-state index in [9.17, 15) is 9.90 Å². The minimum absolute atomic E-state index is 0.0528. The van der Waals surface area contributed by atoms with Crippen LogP contribution in [0.25, 0.3) is 21.8 Å². The molecule has 1 fully saturated rings. The lowest BCUT2D eigenvalue weighted by Crippen LogP contribution is -2.54. The normalized spacial score (nSPS) is 18.5.